The van der Waals surface area contributed by atoms with Crippen LogP contribution in [0, 0.1) is 5.92 Å². The highest BCUT2D eigenvalue weighted by molar-refractivity contribution is 5.94. The molecule has 0 aromatic heterocycles. The van der Waals surface area contributed by atoms with Crippen LogP contribution in [0.5, 0.6) is 0 Å². The van der Waals surface area contributed by atoms with Crippen molar-refractivity contribution in [2.24, 2.45) is 5.92 Å². The first-order chi connectivity index (χ1) is 5.86. The van der Waals surface area contributed by atoms with Gasteiger partial charge in [0.1, 0.15) is 0 Å². The molecule has 0 aliphatic carbocycles. The van der Waals surface area contributed by atoms with Gasteiger partial charge in [-0.3, -0.25) is 9.59 Å². The summed E-state index contributed by atoms with van der Waals surface area (Å²) in [5, 5.41) is 25.1. The second kappa shape index (κ2) is 4.24. The maximum Gasteiger partial charge on any atom is 0.331 e. The molecule has 0 aliphatic rings. The molecule has 72 valence electrons. The quantitative estimate of drug-likeness (QED) is 0.515. The Morgan fingerprint density at radius 1 is 1.15 bits per heavy atom. The first-order valence-electron chi connectivity index (χ1n) is 3.23. The third kappa shape index (κ3) is 3.37. The Morgan fingerprint density at radius 2 is 1.62 bits per heavy atom. The van der Waals surface area contributed by atoms with Crippen LogP contribution in [-0.4, -0.2) is 33.2 Å². The molecule has 0 aliphatic heterocycles. The molecule has 0 heterocycles. The normalized spacial score (nSPS) is 11.7. The van der Waals surface area contributed by atoms with Gasteiger partial charge in [-0.2, -0.15) is 0 Å². The smallest absolute Gasteiger partial charge is 0.331 e. The molecule has 0 aromatic carbocycles. The second-order valence-corrected chi connectivity index (χ2v) is 2.32. The van der Waals surface area contributed by atoms with Gasteiger partial charge < -0.3 is 15.3 Å². The highest BCUT2D eigenvalue weighted by Crippen LogP contribution is 2.14. The van der Waals surface area contributed by atoms with Crippen LogP contribution in [0.15, 0.2) is 12.2 Å². The Hall–Kier alpha value is -1.85. The van der Waals surface area contributed by atoms with Crippen LogP contribution < -0.4 is 0 Å². The van der Waals surface area contributed by atoms with Gasteiger partial charge in [0.15, 0.2) is 0 Å². The summed E-state index contributed by atoms with van der Waals surface area (Å²) in [5.41, 5.74) is -0.630. The second-order valence-electron chi connectivity index (χ2n) is 2.32. The molecule has 6 nitrogen and oxygen atoms in total. The predicted octanol–water partition coefficient (Wildman–Crippen LogP) is -0.197. The Labute approximate surface area is 73.1 Å². The maximum atomic E-state index is 10.4. The summed E-state index contributed by atoms with van der Waals surface area (Å²) in [7, 11) is 0. The number of rotatable bonds is 5. The number of hydrogen-bond acceptors (Lipinski definition) is 3. The molecular formula is C7H8O6. The van der Waals surface area contributed by atoms with E-state index >= 15 is 0 Å². The van der Waals surface area contributed by atoms with E-state index in [-0.39, 0.29) is 0 Å². The zero-order chi connectivity index (χ0) is 10.6. The molecule has 0 rings (SSSR count). The fourth-order valence-corrected chi connectivity index (χ4v) is 0.683. The van der Waals surface area contributed by atoms with Crippen molar-refractivity contribution in [2.75, 3.05) is 0 Å². The highest BCUT2D eigenvalue weighted by atomic mass is 16.4. The van der Waals surface area contributed by atoms with Gasteiger partial charge in [-0.25, -0.2) is 4.79 Å². The number of carbonyl (C=O) groups is 3. The van der Waals surface area contributed by atoms with Crippen LogP contribution in [0.2, 0.25) is 0 Å². The van der Waals surface area contributed by atoms with Gasteiger partial charge in [0.05, 0.1) is 12.3 Å². The fraction of sp³-hybridized carbons (Fsp3) is 0.286. The zero-order valence-corrected chi connectivity index (χ0v) is 6.56. The molecule has 0 saturated carbocycles. The molecule has 6 heteroatoms. The van der Waals surface area contributed by atoms with Crippen molar-refractivity contribution in [1.29, 1.82) is 0 Å². The number of aliphatic carboxylic acids is 3. The van der Waals surface area contributed by atoms with Crippen molar-refractivity contribution in [3.63, 3.8) is 0 Å². The largest absolute Gasteiger partial charge is 0.481 e. The van der Waals surface area contributed by atoms with E-state index in [1.54, 1.807) is 0 Å². The number of carboxylic acid groups (broad SMARTS) is 3. The summed E-state index contributed by atoms with van der Waals surface area (Å²) in [5.74, 6) is -5.96. The SMILES string of the molecule is C=C(C(=O)O)[C@@H](CC(=O)O)C(=O)O. The molecule has 3 N–H and O–H groups in total. The summed E-state index contributed by atoms with van der Waals surface area (Å²) in [6.07, 6.45) is -0.777. The molecule has 0 spiro atoms. The van der Waals surface area contributed by atoms with E-state index in [0.29, 0.717) is 0 Å². The minimum Gasteiger partial charge on any atom is -0.481 e. The Kier molecular flexibility index (Phi) is 3.64. The predicted molar refractivity (Wildman–Crippen MR) is 40.2 cm³/mol. The number of hydrogen-bond donors (Lipinski definition) is 3. The molecule has 0 aromatic rings. The van der Waals surface area contributed by atoms with Crippen LogP contribution in [0.25, 0.3) is 0 Å². The molecule has 0 radical (unpaired) electrons. The molecule has 13 heavy (non-hydrogen) atoms. The zero-order valence-electron chi connectivity index (χ0n) is 6.56. The average Bonchev–Trinajstić information content (AvgIpc) is 1.97. The minimum absolute atomic E-state index is 0.630. The molecule has 1 atom stereocenters. The van der Waals surface area contributed by atoms with Crippen LogP contribution >= 0.6 is 0 Å². The van der Waals surface area contributed by atoms with Crippen LogP contribution in [0.3, 0.4) is 0 Å². The van der Waals surface area contributed by atoms with E-state index in [1.807, 2.05) is 0 Å². The van der Waals surface area contributed by atoms with E-state index in [2.05, 4.69) is 6.58 Å². The lowest BCUT2D eigenvalue weighted by Crippen LogP contribution is -2.23. The monoisotopic (exact) mass is 188 g/mol. The fourth-order valence-electron chi connectivity index (χ4n) is 0.683. The molecule has 0 amide bonds. The lowest BCUT2D eigenvalue weighted by atomic mass is 9.97. The van der Waals surface area contributed by atoms with Gasteiger partial charge >= 0.3 is 17.9 Å². The topological polar surface area (TPSA) is 112 Å². The first kappa shape index (κ1) is 11.2. The first-order valence-corrected chi connectivity index (χ1v) is 3.23. The van der Waals surface area contributed by atoms with E-state index in [1.165, 1.54) is 0 Å². The van der Waals surface area contributed by atoms with Crippen LogP contribution in [0.1, 0.15) is 6.42 Å². The van der Waals surface area contributed by atoms with Crippen molar-refractivity contribution < 1.29 is 29.7 Å². The van der Waals surface area contributed by atoms with Crippen molar-refractivity contribution in [2.45, 2.75) is 6.42 Å². The van der Waals surface area contributed by atoms with Gasteiger partial charge in [0, 0.05) is 5.57 Å². The van der Waals surface area contributed by atoms with E-state index in [0.717, 1.165) is 0 Å². The molecule has 0 fully saturated rings. The lowest BCUT2D eigenvalue weighted by Gasteiger charge is -2.08. The van der Waals surface area contributed by atoms with Crippen molar-refractivity contribution in [3.05, 3.63) is 12.2 Å². The Bertz CT molecular complexity index is 266. The summed E-state index contributed by atoms with van der Waals surface area (Å²) in [6, 6.07) is 0. The summed E-state index contributed by atoms with van der Waals surface area (Å²) in [4.78, 5) is 30.8. The maximum absolute atomic E-state index is 10.4. The summed E-state index contributed by atoms with van der Waals surface area (Å²) in [6.45, 7) is 2.99. The van der Waals surface area contributed by atoms with Crippen molar-refractivity contribution >= 4 is 17.9 Å². The lowest BCUT2D eigenvalue weighted by molar-refractivity contribution is -0.148. The van der Waals surface area contributed by atoms with Crippen LogP contribution in [0.4, 0.5) is 0 Å². The number of carboxylic acids is 3. The van der Waals surface area contributed by atoms with Gasteiger partial charge in [-0.15, -0.1) is 0 Å². The van der Waals surface area contributed by atoms with E-state index < -0.39 is 35.8 Å². The highest BCUT2D eigenvalue weighted by Gasteiger charge is 2.27. The molecule has 0 unspecified atom stereocenters. The average molecular weight is 188 g/mol. The summed E-state index contributed by atoms with van der Waals surface area (Å²) >= 11 is 0. The van der Waals surface area contributed by atoms with Gasteiger partial charge in [0.2, 0.25) is 0 Å². The third-order valence-corrected chi connectivity index (χ3v) is 1.37. The summed E-state index contributed by atoms with van der Waals surface area (Å²) < 4.78 is 0. The molecular weight excluding hydrogens is 180 g/mol. The third-order valence-electron chi connectivity index (χ3n) is 1.37. The minimum atomic E-state index is -1.57. The van der Waals surface area contributed by atoms with Crippen molar-refractivity contribution in [3.8, 4) is 0 Å². The Balaban J connectivity index is 4.61. The van der Waals surface area contributed by atoms with Crippen molar-refractivity contribution in [1.82, 2.24) is 0 Å². The van der Waals surface area contributed by atoms with Gasteiger partial charge in [-0.1, -0.05) is 6.58 Å². The van der Waals surface area contributed by atoms with Gasteiger partial charge in [0.25, 0.3) is 0 Å². The van der Waals surface area contributed by atoms with Gasteiger partial charge in [-0.05, 0) is 0 Å². The van der Waals surface area contributed by atoms with E-state index in [9.17, 15) is 14.4 Å². The van der Waals surface area contributed by atoms with E-state index in [4.69, 9.17) is 15.3 Å². The molecule has 0 bridgehead atoms. The van der Waals surface area contributed by atoms with Crippen LogP contribution in [-0.2, 0) is 14.4 Å². The molecule has 0 saturated heterocycles. The Morgan fingerprint density at radius 3 is 1.85 bits per heavy atom. The standard InChI is InChI=1S/C7H8O6/c1-3(6(10)11)4(7(12)13)2-5(8)9/h4H,1-2H2,(H,8,9)(H,10,11)(H,12,13)/t4-/m1/s1.